The fourth-order valence-electron chi connectivity index (χ4n) is 2.41. The van der Waals surface area contributed by atoms with Crippen LogP contribution in [0, 0.1) is 0 Å². The van der Waals surface area contributed by atoms with Gasteiger partial charge in [0.05, 0.1) is 17.3 Å². The van der Waals surface area contributed by atoms with Gasteiger partial charge < -0.3 is 14.9 Å². The number of hydrazine groups is 1. The van der Waals surface area contributed by atoms with Gasteiger partial charge in [-0.2, -0.15) is 0 Å². The minimum Gasteiger partial charge on any atom is -0.493 e. The topological polar surface area (TPSA) is 55.4 Å². The molecule has 6 heteroatoms. The lowest BCUT2D eigenvalue weighted by atomic mass is 10.2. The number of pyridine rings is 1. The van der Waals surface area contributed by atoms with Crippen LogP contribution in [0.25, 0.3) is 0 Å². The Morgan fingerprint density at radius 3 is 2.58 bits per heavy atom. The van der Waals surface area contributed by atoms with E-state index in [0.29, 0.717) is 24.7 Å². The standard InChI is InChI=1S/C20H20BrN3O2/c1-25-19-12-15(13-23-24-16-7-3-2-4-8-16)11-18(21)20(19)26-14-17-9-5-6-10-22-17/h2-12,23-24H,13-14H2,1H3. The molecule has 3 rings (SSSR count). The van der Waals surface area contributed by atoms with Crippen LogP contribution >= 0.6 is 15.9 Å². The van der Waals surface area contributed by atoms with Gasteiger partial charge in [-0.3, -0.25) is 4.98 Å². The van der Waals surface area contributed by atoms with E-state index in [0.717, 1.165) is 21.4 Å². The van der Waals surface area contributed by atoms with Crippen molar-refractivity contribution in [2.24, 2.45) is 0 Å². The van der Waals surface area contributed by atoms with Crippen LogP contribution in [0.5, 0.6) is 11.5 Å². The van der Waals surface area contributed by atoms with Gasteiger partial charge in [0, 0.05) is 18.4 Å². The molecule has 2 aromatic carbocycles. The summed E-state index contributed by atoms with van der Waals surface area (Å²) in [5.74, 6) is 1.34. The summed E-state index contributed by atoms with van der Waals surface area (Å²) in [6.07, 6.45) is 1.75. The van der Waals surface area contributed by atoms with Gasteiger partial charge in [-0.1, -0.05) is 24.3 Å². The molecule has 0 radical (unpaired) electrons. The summed E-state index contributed by atoms with van der Waals surface area (Å²) in [6, 6.07) is 19.7. The lowest BCUT2D eigenvalue weighted by molar-refractivity contribution is 0.278. The van der Waals surface area contributed by atoms with Gasteiger partial charge in [0.25, 0.3) is 0 Å². The molecule has 1 aromatic heterocycles. The maximum absolute atomic E-state index is 5.90. The van der Waals surface area contributed by atoms with E-state index in [1.54, 1.807) is 13.3 Å². The number of benzene rings is 2. The molecule has 5 nitrogen and oxygen atoms in total. The predicted molar refractivity (Wildman–Crippen MR) is 106 cm³/mol. The molecule has 0 aliphatic heterocycles. The van der Waals surface area contributed by atoms with Gasteiger partial charge in [-0.25, -0.2) is 5.43 Å². The molecule has 0 atom stereocenters. The molecule has 0 unspecified atom stereocenters. The summed E-state index contributed by atoms with van der Waals surface area (Å²) in [5.41, 5.74) is 9.29. The Bertz CT molecular complexity index is 829. The van der Waals surface area contributed by atoms with Crippen molar-refractivity contribution < 1.29 is 9.47 Å². The SMILES string of the molecule is COc1cc(CNNc2ccccc2)cc(Br)c1OCc1ccccn1. The second-order valence-electron chi connectivity index (χ2n) is 5.56. The van der Waals surface area contributed by atoms with E-state index in [1.165, 1.54) is 0 Å². The molecule has 3 aromatic rings. The Balaban J connectivity index is 1.64. The Kier molecular flexibility index (Phi) is 6.46. The Labute approximate surface area is 161 Å². The molecule has 0 saturated carbocycles. The number of rotatable bonds is 8. The third kappa shape index (κ3) is 4.97. The van der Waals surface area contributed by atoms with Crippen LogP contribution in [-0.4, -0.2) is 12.1 Å². The number of para-hydroxylation sites is 1. The molecule has 134 valence electrons. The maximum Gasteiger partial charge on any atom is 0.175 e. The Morgan fingerprint density at radius 2 is 1.85 bits per heavy atom. The highest BCUT2D eigenvalue weighted by atomic mass is 79.9. The van der Waals surface area contributed by atoms with Crippen LogP contribution in [0.4, 0.5) is 5.69 Å². The Morgan fingerprint density at radius 1 is 1.04 bits per heavy atom. The molecule has 2 N–H and O–H groups in total. The molecular weight excluding hydrogens is 394 g/mol. The zero-order chi connectivity index (χ0) is 18.2. The first-order chi connectivity index (χ1) is 12.8. The number of nitrogens with one attached hydrogen (secondary N) is 2. The molecule has 0 aliphatic rings. The fraction of sp³-hybridized carbons (Fsp3) is 0.150. The van der Waals surface area contributed by atoms with Crippen molar-refractivity contribution in [2.45, 2.75) is 13.2 Å². The molecular formula is C20H20BrN3O2. The summed E-state index contributed by atoms with van der Waals surface area (Å²) >= 11 is 3.58. The van der Waals surface area contributed by atoms with E-state index < -0.39 is 0 Å². The second kappa shape index (κ2) is 9.22. The number of ether oxygens (including phenoxy) is 2. The highest BCUT2D eigenvalue weighted by Crippen LogP contribution is 2.37. The van der Waals surface area contributed by atoms with Gasteiger partial charge in [-0.15, -0.1) is 0 Å². The largest absolute Gasteiger partial charge is 0.493 e. The van der Waals surface area contributed by atoms with Crippen LogP contribution < -0.4 is 20.3 Å². The molecule has 0 bridgehead atoms. The number of halogens is 1. The summed E-state index contributed by atoms with van der Waals surface area (Å²) in [4.78, 5) is 4.27. The zero-order valence-electron chi connectivity index (χ0n) is 14.4. The Hall–Kier alpha value is -2.57. The van der Waals surface area contributed by atoms with Crippen molar-refractivity contribution in [2.75, 3.05) is 12.5 Å². The molecule has 26 heavy (non-hydrogen) atoms. The predicted octanol–water partition coefficient (Wildman–Crippen LogP) is 4.55. The van der Waals surface area contributed by atoms with Crippen LogP contribution in [0.1, 0.15) is 11.3 Å². The first-order valence-electron chi connectivity index (χ1n) is 8.19. The van der Waals surface area contributed by atoms with Crippen molar-refractivity contribution in [3.8, 4) is 11.5 Å². The van der Waals surface area contributed by atoms with Crippen LogP contribution in [-0.2, 0) is 13.2 Å². The second-order valence-corrected chi connectivity index (χ2v) is 6.42. The maximum atomic E-state index is 5.90. The van der Waals surface area contributed by atoms with Gasteiger partial charge in [0.15, 0.2) is 11.5 Å². The average Bonchev–Trinajstić information content (AvgIpc) is 2.68. The highest BCUT2D eigenvalue weighted by molar-refractivity contribution is 9.10. The zero-order valence-corrected chi connectivity index (χ0v) is 16.0. The van der Waals surface area contributed by atoms with Crippen molar-refractivity contribution in [1.82, 2.24) is 10.4 Å². The molecule has 0 amide bonds. The van der Waals surface area contributed by atoms with E-state index in [1.807, 2.05) is 60.7 Å². The molecule has 0 aliphatic carbocycles. The van der Waals surface area contributed by atoms with Crippen molar-refractivity contribution >= 4 is 21.6 Å². The molecule has 0 spiro atoms. The molecule has 1 heterocycles. The number of aromatic nitrogens is 1. The summed E-state index contributed by atoms with van der Waals surface area (Å²) in [5, 5.41) is 0. The lowest BCUT2D eigenvalue weighted by Crippen LogP contribution is -2.20. The van der Waals surface area contributed by atoms with E-state index >= 15 is 0 Å². The van der Waals surface area contributed by atoms with Gasteiger partial charge in [0.1, 0.15) is 6.61 Å². The molecule has 0 fully saturated rings. The summed E-state index contributed by atoms with van der Waals surface area (Å²) in [6.45, 7) is 1.01. The van der Waals surface area contributed by atoms with Crippen molar-refractivity contribution in [1.29, 1.82) is 0 Å². The van der Waals surface area contributed by atoms with Gasteiger partial charge in [0.2, 0.25) is 0 Å². The molecule has 0 saturated heterocycles. The average molecular weight is 414 g/mol. The number of anilines is 1. The van der Waals surface area contributed by atoms with E-state index in [-0.39, 0.29) is 0 Å². The monoisotopic (exact) mass is 413 g/mol. The number of hydrogen-bond donors (Lipinski definition) is 2. The van der Waals surface area contributed by atoms with E-state index in [2.05, 4.69) is 31.8 Å². The quantitative estimate of drug-likeness (QED) is 0.530. The van der Waals surface area contributed by atoms with Crippen molar-refractivity contribution in [3.63, 3.8) is 0 Å². The fourth-order valence-corrected chi connectivity index (χ4v) is 3.02. The van der Waals surface area contributed by atoms with Crippen LogP contribution in [0.3, 0.4) is 0 Å². The van der Waals surface area contributed by atoms with Crippen LogP contribution in [0.2, 0.25) is 0 Å². The number of nitrogens with zero attached hydrogens (tertiary/aromatic N) is 1. The first kappa shape index (κ1) is 18.2. The summed E-state index contributed by atoms with van der Waals surface area (Å²) in [7, 11) is 1.63. The van der Waals surface area contributed by atoms with Gasteiger partial charge >= 0.3 is 0 Å². The lowest BCUT2D eigenvalue weighted by Gasteiger charge is -2.15. The third-order valence-corrected chi connectivity index (χ3v) is 4.27. The van der Waals surface area contributed by atoms with Crippen LogP contribution in [0.15, 0.2) is 71.3 Å². The first-order valence-corrected chi connectivity index (χ1v) is 8.98. The van der Waals surface area contributed by atoms with Gasteiger partial charge in [-0.05, 0) is 57.9 Å². The third-order valence-electron chi connectivity index (χ3n) is 3.68. The minimum atomic E-state index is 0.378. The minimum absolute atomic E-state index is 0.378. The van der Waals surface area contributed by atoms with E-state index in [4.69, 9.17) is 9.47 Å². The van der Waals surface area contributed by atoms with Crippen molar-refractivity contribution in [3.05, 3.63) is 82.6 Å². The number of methoxy groups -OCH3 is 1. The van der Waals surface area contributed by atoms with E-state index in [9.17, 15) is 0 Å². The number of hydrogen-bond acceptors (Lipinski definition) is 5. The highest BCUT2D eigenvalue weighted by Gasteiger charge is 2.12. The summed E-state index contributed by atoms with van der Waals surface area (Å²) < 4.78 is 12.2. The normalized spacial score (nSPS) is 10.4. The smallest absolute Gasteiger partial charge is 0.175 e.